The minimum atomic E-state index is -0.0211. The minimum absolute atomic E-state index is 0.0160. The van der Waals surface area contributed by atoms with Crippen molar-refractivity contribution >= 4 is 0 Å². The fourth-order valence-electron chi connectivity index (χ4n) is 1.03. The zero-order chi connectivity index (χ0) is 11.5. The van der Waals surface area contributed by atoms with Crippen LogP contribution in [0.15, 0.2) is 42.5 Å². The van der Waals surface area contributed by atoms with Gasteiger partial charge in [0.25, 0.3) is 0 Å². The zero-order valence-corrected chi connectivity index (χ0v) is 7.23. The van der Waals surface area contributed by atoms with Crippen molar-refractivity contribution in [2.75, 3.05) is 0 Å². The molecule has 2 aromatic heterocycles. The normalized spacial score (nSPS) is 11.4. The molecule has 0 atom stereocenters. The quantitative estimate of drug-likeness (QED) is 0.679. The van der Waals surface area contributed by atoms with Gasteiger partial charge in [0.05, 0.1) is 14.1 Å². The van der Waals surface area contributed by atoms with Crippen molar-refractivity contribution < 1.29 is 2.74 Å². The molecule has 0 amide bonds. The Hall–Kier alpha value is -2.21. The molecule has 2 heterocycles. The maximum atomic E-state index is 8.75. The Labute approximate surface area is 84.5 Å². The molecule has 14 heavy (non-hydrogen) atoms. The largest absolute Gasteiger partial charge is 0.255 e. The summed E-state index contributed by atoms with van der Waals surface area (Å²) in [5.74, 6) is 0. The third kappa shape index (κ3) is 1.59. The highest BCUT2D eigenvalue weighted by Gasteiger charge is 1.99. The topological polar surface area (TPSA) is 49.6 Å². The summed E-state index contributed by atoms with van der Waals surface area (Å²) < 4.78 is 15.3. The number of nitriles is 1. The van der Waals surface area contributed by atoms with Crippen molar-refractivity contribution in [2.24, 2.45) is 0 Å². The second-order valence-electron chi connectivity index (χ2n) is 2.59. The van der Waals surface area contributed by atoms with Gasteiger partial charge in [-0.25, -0.2) is 4.98 Å². The summed E-state index contributed by atoms with van der Waals surface area (Å²) in [6, 6.07) is 8.32. The molecule has 0 aromatic carbocycles. The predicted molar refractivity (Wildman–Crippen MR) is 52.2 cm³/mol. The van der Waals surface area contributed by atoms with Crippen LogP contribution in [0.25, 0.3) is 11.4 Å². The lowest BCUT2D eigenvalue weighted by Gasteiger charge is -1.98. The molecule has 66 valence electrons. The lowest BCUT2D eigenvalue weighted by molar-refractivity contribution is 1.22. The van der Waals surface area contributed by atoms with Gasteiger partial charge in [-0.05, 0) is 24.2 Å². The Morgan fingerprint density at radius 1 is 1.29 bits per heavy atom. The van der Waals surface area contributed by atoms with E-state index in [0.717, 1.165) is 0 Å². The Morgan fingerprint density at radius 2 is 2.21 bits per heavy atom. The lowest BCUT2D eigenvalue weighted by Crippen LogP contribution is -1.88. The van der Waals surface area contributed by atoms with Gasteiger partial charge in [0, 0.05) is 6.20 Å². The van der Waals surface area contributed by atoms with Crippen molar-refractivity contribution in [3.8, 4) is 17.5 Å². The summed E-state index contributed by atoms with van der Waals surface area (Å²) in [7, 11) is 0. The molecule has 0 aliphatic carbocycles. The molecule has 0 bridgehead atoms. The average Bonchev–Trinajstić information content (AvgIpc) is 2.33. The third-order valence-corrected chi connectivity index (χ3v) is 1.65. The number of nitrogens with zero attached hydrogens (tertiary/aromatic N) is 3. The lowest BCUT2D eigenvalue weighted by atomic mass is 10.2. The summed E-state index contributed by atoms with van der Waals surface area (Å²) in [4.78, 5) is 8.04. The van der Waals surface area contributed by atoms with Gasteiger partial charge in [-0.2, -0.15) is 5.26 Å². The maximum absolute atomic E-state index is 8.75. The molecular weight excluding hydrogens is 174 g/mol. The molecule has 3 heteroatoms. The maximum Gasteiger partial charge on any atom is 0.141 e. The Morgan fingerprint density at radius 3 is 2.93 bits per heavy atom. The van der Waals surface area contributed by atoms with E-state index in [1.54, 1.807) is 24.4 Å². The number of hydrogen-bond donors (Lipinski definition) is 0. The van der Waals surface area contributed by atoms with Crippen LogP contribution in [-0.2, 0) is 0 Å². The van der Waals surface area contributed by atoms with Crippen LogP contribution in [0.2, 0.25) is 0 Å². The standard InChI is InChI=1S/C11H7N3/c12-8-9-4-3-6-11(14-9)10-5-1-2-7-13-10/h1-7H/i3D,6D. The van der Waals surface area contributed by atoms with Crippen molar-refractivity contribution in [2.45, 2.75) is 0 Å². The first-order valence-corrected chi connectivity index (χ1v) is 4.02. The monoisotopic (exact) mass is 183 g/mol. The molecule has 0 spiro atoms. The minimum Gasteiger partial charge on any atom is -0.255 e. The van der Waals surface area contributed by atoms with Crippen molar-refractivity contribution in [1.82, 2.24) is 9.97 Å². The van der Waals surface area contributed by atoms with E-state index in [-0.39, 0.29) is 23.5 Å². The number of rotatable bonds is 1. The highest BCUT2D eigenvalue weighted by atomic mass is 14.8. The first kappa shape index (κ1) is 6.28. The molecule has 0 aliphatic rings. The number of aromatic nitrogens is 2. The van der Waals surface area contributed by atoms with Crippen molar-refractivity contribution in [1.29, 1.82) is 5.26 Å². The van der Waals surface area contributed by atoms with E-state index in [4.69, 9.17) is 8.00 Å². The molecule has 0 saturated heterocycles. The van der Waals surface area contributed by atoms with Crippen LogP contribution in [0.3, 0.4) is 0 Å². The second-order valence-corrected chi connectivity index (χ2v) is 2.59. The van der Waals surface area contributed by atoms with Crippen LogP contribution in [0.5, 0.6) is 0 Å². The van der Waals surface area contributed by atoms with Gasteiger partial charge in [-0.1, -0.05) is 12.1 Å². The van der Waals surface area contributed by atoms with E-state index in [9.17, 15) is 0 Å². The fraction of sp³-hybridized carbons (Fsp3) is 0. The molecule has 3 nitrogen and oxygen atoms in total. The van der Waals surface area contributed by atoms with Crippen molar-refractivity contribution in [3.63, 3.8) is 0 Å². The van der Waals surface area contributed by atoms with E-state index in [2.05, 4.69) is 9.97 Å². The van der Waals surface area contributed by atoms with E-state index < -0.39 is 0 Å². The summed E-state index contributed by atoms with van der Waals surface area (Å²) in [6.45, 7) is 0. The van der Waals surface area contributed by atoms with Crippen LogP contribution in [0.1, 0.15) is 8.44 Å². The van der Waals surface area contributed by atoms with E-state index in [0.29, 0.717) is 5.69 Å². The second kappa shape index (κ2) is 3.67. The highest BCUT2D eigenvalue weighted by Crippen LogP contribution is 2.12. The Balaban J connectivity index is 2.66. The SMILES string of the molecule is [2H]c1cc(C#N)nc(-c2ccccn2)c1[2H]. The Bertz CT molecular complexity index is 561. The molecular formula is C11H7N3. The van der Waals surface area contributed by atoms with Crippen LogP contribution < -0.4 is 0 Å². The molecule has 0 fully saturated rings. The van der Waals surface area contributed by atoms with Gasteiger partial charge in [-0.15, -0.1) is 0 Å². The molecule has 0 unspecified atom stereocenters. The van der Waals surface area contributed by atoms with Gasteiger partial charge in [-0.3, -0.25) is 4.98 Å². The van der Waals surface area contributed by atoms with Gasteiger partial charge >= 0.3 is 0 Å². The first-order chi connectivity index (χ1) is 7.72. The summed E-state index contributed by atoms with van der Waals surface area (Å²) >= 11 is 0. The highest BCUT2D eigenvalue weighted by molar-refractivity contribution is 5.54. The van der Waals surface area contributed by atoms with E-state index in [1.807, 2.05) is 6.07 Å². The van der Waals surface area contributed by atoms with Gasteiger partial charge in [0.2, 0.25) is 0 Å². The van der Waals surface area contributed by atoms with E-state index in [1.165, 1.54) is 6.07 Å². The summed E-state index contributed by atoms with van der Waals surface area (Å²) in [5, 5.41) is 8.75. The van der Waals surface area contributed by atoms with Crippen LogP contribution in [0.4, 0.5) is 0 Å². The summed E-state index contributed by atoms with van der Waals surface area (Å²) in [6.07, 6.45) is 1.58. The van der Waals surface area contributed by atoms with Crippen LogP contribution in [-0.4, -0.2) is 9.97 Å². The van der Waals surface area contributed by atoms with Gasteiger partial charge in [0.1, 0.15) is 11.8 Å². The van der Waals surface area contributed by atoms with E-state index >= 15 is 0 Å². The molecule has 2 aromatic rings. The fourth-order valence-corrected chi connectivity index (χ4v) is 1.03. The zero-order valence-electron chi connectivity index (χ0n) is 9.23. The van der Waals surface area contributed by atoms with Crippen LogP contribution >= 0.6 is 0 Å². The Kier molecular flexibility index (Phi) is 1.64. The van der Waals surface area contributed by atoms with Crippen LogP contribution in [0, 0.1) is 11.3 Å². The third-order valence-electron chi connectivity index (χ3n) is 1.65. The van der Waals surface area contributed by atoms with Gasteiger partial charge < -0.3 is 0 Å². The smallest absolute Gasteiger partial charge is 0.141 e. The molecule has 0 radical (unpaired) electrons. The number of pyridine rings is 2. The summed E-state index contributed by atoms with van der Waals surface area (Å²) in [5.41, 5.74) is 0.893. The first-order valence-electron chi connectivity index (χ1n) is 5.02. The molecule has 2 rings (SSSR count). The molecule has 0 N–H and O–H groups in total. The molecule has 0 saturated carbocycles. The molecule has 0 aliphatic heterocycles. The van der Waals surface area contributed by atoms with Crippen molar-refractivity contribution in [3.05, 3.63) is 48.2 Å². The predicted octanol–water partition coefficient (Wildman–Crippen LogP) is 2.02. The average molecular weight is 183 g/mol. The number of hydrogen-bond acceptors (Lipinski definition) is 3. The van der Waals surface area contributed by atoms with Gasteiger partial charge in [0.15, 0.2) is 0 Å².